The third-order valence-corrected chi connectivity index (χ3v) is 8.73. The Balaban J connectivity index is 1.60. The number of hydrogen-bond acceptors (Lipinski definition) is 2. The fourth-order valence-electron chi connectivity index (χ4n) is 4.75. The molecule has 0 aliphatic rings. The average molecular weight is 470 g/mol. The monoisotopic (exact) mass is 469 g/mol. The zero-order valence-electron chi connectivity index (χ0n) is 20.2. The Morgan fingerprint density at radius 2 is 1.34 bits per heavy atom. The second-order valence-corrected chi connectivity index (χ2v) is 15.2. The SMILES string of the molecule is C[Si](C)(C)c1ccc2c(-c3cc(-c4ccccc4)c4cc(-c5ccccc5)oc4c3)nccc2c1. The number of aromatic nitrogens is 1. The van der Waals surface area contributed by atoms with Crippen molar-refractivity contribution in [1.29, 1.82) is 0 Å². The molecule has 0 atom stereocenters. The summed E-state index contributed by atoms with van der Waals surface area (Å²) in [5.41, 5.74) is 6.32. The molecule has 6 aromatic rings. The van der Waals surface area contributed by atoms with Gasteiger partial charge in [-0.3, -0.25) is 4.98 Å². The molecule has 3 heteroatoms. The lowest BCUT2D eigenvalue weighted by Gasteiger charge is -2.18. The topological polar surface area (TPSA) is 26.0 Å². The van der Waals surface area contributed by atoms with Gasteiger partial charge >= 0.3 is 0 Å². The van der Waals surface area contributed by atoms with Crippen LogP contribution in [-0.2, 0) is 0 Å². The van der Waals surface area contributed by atoms with Crippen molar-refractivity contribution >= 4 is 35.0 Å². The number of nitrogens with zero attached hydrogens (tertiary/aromatic N) is 1. The lowest BCUT2D eigenvalue weighted by atomic mass is 9.96. The van der Waals surface area contributed by atoms with Gasteiger partial charge in [-0.25, -0.2) is 0 Å². The molecule has 0 N–H and O–H groups in total. The number of pyridine rings is 1. The highest BCUT2D eigenvalue weighted by Crippen LogP contribution is 2.39. The second-order valence-electron chi connectivity index (χ2n) is 10.1. The first-order chi connectivity index (χ1) is 17.0. The molecule has 2 heterocycles. The minimum absolute atomic E-state index is 0.873. The smallest absolute Gasteiger partial charge is 0.136 e. The van der Waals surface area contributed by atoms with Gasteiger partial charge in [0.05, 0.1) is 13.8 Å². The maximum absolute atomic E-state index is 6.43. The van der Waals surface area contributed by atoms with E-state index in [2.05, 4.69) is 105 Å². The molecule has 4 aromatic carbocycles. The predicted molar refractivity (Wildman–Crippen MR) is 151 cm³/mol. The number of benzene rings is 4. The van der Waals surface area contributed by atoms with E-state index in [9.17, 15) is 0 Å². The summed E-state index contributed by atoms with van der Waals surface area (Å²) in [5, 5.41) is 4.98. The Kier molecular flexibility index (Phi) is 5.16. The lowest BCUT2D eigenvalue weighted by Crippen LogP contribution is -2.37. The molecule has 6 rings (SSSR count). The van der Waals surface area contributed by atoms with Gasteiger partial charge in [0, 0.05) is 28.1 Å². The molecule has 2 aromatic heterocycles. The zero-order chi connectivity index (χ0) is 24.0. The van der Waals surface area contributed by atoms with Crippen LogP contribution >= 0.6 is 0 Å². The lowest BCUT2D eigenvalue weighted by molar-refractivity contribution is 0.632. The van der Waals surface area contributed by atoms with E-state index in [0.717, 1.165) is 39.1 Å². The molecule has 2 nitrogen and oxygen atoms in total. The summed E-state index contributed by atoms with van der Waals surface area (Å²) in [6.07, 6.45) is 1.93. The first-order valence-electron chi connectivity index (χ1n) is 12.1. The number of fused-ring (bicyclic) bond motifs is 2. The highest BCUT2D eigenvalue weighted by Gasteiger charge is 2.19. The maximum atomic E-state index is 6.43. The summed E-state index contributed by atoms with van der Waals surface area (Å²) < 4.78 is 6.43. The van der Waals surface area contributed by atoms with E-state index in [1.165, 1.54) is 21.5 Å². The minimum atomic E-state index is -1.40. The van der Waals surface area contributed by atoms with E-state index >= 15 is 0 Å². The molecule has 170 valence electrons. The quantitative estimate of drug-likeness (QED) is 0.242. The Hall–Kier alpha value is -3.95. The van der Waals surface area contributed by atoms with E-state index in [-0.39, 0.29) is 0 Å². The molecule has 0 bridgehead atoms. The van der Waals surface area contributed by atoms with Crippen LogP contribution in [0.4, 0.5) is 0 Å². The summed E-state index contributed by atoms with van der Waals surface area (Å²) in [4.78, 5) is 4.85. The highest BCUT2D eigenvalue weighted by molar-refractivity contribution is 6.88. The largest absolute Gasteiger partial charge is 0.456 e. The Labute approximate surface area is 206 Å². The predicted octanol–water partition coefficient (Wildman–Crippen LogP) is 8.53. The standard InChI is InChI=1S/C32H27NOSi/c1-35(2,3)26-14-15-27-24(18-26)16-17-33-32(27)25-19-28(22-10-6-4-7-11-22)29-21-30(34-31(29)20-25)23-12-8-5-9-13-23/h4-21H,1-3H3. The number of furan rings is 1. The number of hydrogen-bond donors (Lipinski definition) is 0. The third kappa shape index (κ3) is 3.98. The van der Waals surface area contributed by atoms with Crippen LogP contribution in [0, 0.1) is 0 Å². The molecule has 0 unspecified atom stereocenters. The van der Waals surface area contributed by atoms with Gasteiger partial charge in [0.25, 0.3) is 0 Å². The molecule has 0 aliphatic carbocycles. The molecule has 0 radical (unpaired) electrons. The van der Waals surface area contributed by atoms with Gasteiger partial charge < -0.3 is 4.42 Å². The molecule has 0 spiro atoms. The van der Waals surface area contributed by atoms with Gasteiger partial charge in [0.2, 0.25) is 0 Å². The van der Waals surface area contributed by atoms with Gasteiger partial charge in [-0.1, -0.05) is 104 Å². The maximum Gasteiger partial charge on any atom is 0.136 e. The van der Waals surface area contributed by atoms with Crippen LogP contribution in [0.3, 0.4) is 0 Å². The summed E-state index contributed by atoms with van der Waals surface area (Å²) in [6.45, 7) is 7.16. The first-order valence-corrected chi connectivity index (χ1v) is 15.6. The van der Waals surface area contributed by atoms with Crippen LogP contribution in [0.2, 0.25) is 19.6 Å². The van der Waals surface area contributed by atoms with Crippen molar-refractivity contribution in [2.24, 2.45) is 0 Å². The van der Waals surface area contributed by atoms with Crippen LogP contribution in [0.5, 0.6) is 0 Å². The van der Waals surface area contributed by atoms with Crippen molar-refractivity contribution in [3.63, 3.8) is 0 Å². The molecule has 0 fully saturated rings. The Morgan fingerprint density at radius 1 is 0.629 bits per heavy atom. The minimum Gasteiger partial charge on any atom is -0.456 e. The van der Waals surface area contributed by atoms with Crippen LogP contribution < -0.4 is 5.19 Å². The van der Waals surface area contributed by atoms with E-state index in [1.807, 2.05) is 24.4 Å². The molecule has 35 heavy (non-hydrogen) atoms. The average Bonchev–Trinajstić information content (AvgIpc) is 3.32. The van der Waals surface area contributed by atoms with Gasteiger partial charge in [-0.2, -0.15) is 0 Å². The summed E-state index contributed by atoms with van der Waals surface area (Å²) in [6, 6.07) is 36.4. The van der Waals surface area contributed by atoms with E-state index in [1.54, 1.807) is 0 Å². The van der Waals surface area contributed by atoms with Gasteiger partial charge in [-0.15, -0.1) is 0 Å². The van der Waals surface area contributed by atoms with Crippen LogP contribution in [0.25, 0.3) is 55.4 Å². The molecule has 0 saturated heterocycles. The van der Waals surface area contributed by atoms with Crippen LogP contribution in [-0.4, -0.2) is 13.1 Å². The molecule has 0 aliphatic heterocycles. The highest BCUT2D eigenvalue weighted by atomic mass is 28.3. The third-order valence-electron chi connectivity index (χ3n) is 6.68. The number of rotatable bonds is 4. The van der Waals surface area contributed by atoms with Gasteiger partial charge in [0.15, 0.2) is 0 Å². The van der Waals surface area contributed by atoms with Crippen molar-refractivity contribution in [2.75, 3.05) is 0 Å². The molecule has 0 saturated carbocycles. The van der Waals surface area contributed by atoms with Crippen molar-refractivity contribution in [1.82, 2.24) is 4.98 Å². The second kappa shape index (κ2) is 8.37. The fourth-order valence-corrected chi connectivity index (χ4v) is 5.92. The fraction of sp³-hybridized carbons (Fsp3) is 0.0938. The van der Waals surface area contributed by atoms with Gasteiger partial charge in [-0.05, 0) is 40.8 Å². The Bertz CT molecular complexity index is 1660. The van der Waals surface area contributed by atoms with E-state index < -0.39 is 8.07 Å². The van der Waals surface area contributed by atoms with Gasteiger partial charge in [0.1, 0.15) is 11.3 Å². The normalized spacial score (nSPS) is 11.9. The van der Waals surface area contributed by atoms with E-state index in [4.69, 9.17) is 9.40 Å². The van der Waals surface area contributed by atoms with Crippen LogP contribution in [0.1, 0.15) is 0 Å². The van der Waals surface area contributed by atoms with Crippen molar-refractivity contribution < 1.29 is 4.42 Å². The van der Waals surface area contributed by atoms with E-state index in [0.29, 0.717) is 0 Å². The van der Waals surface area contributed by atoms with Crippen molar-refractivity contribution in [3.05, 3.63) is 109 Å². The molecular formula is C32H27NOSi. The first kappa shape index (κ1) is 21.6. The summed E-state index contributed by atoms with van der Waals surface area (Å²) >= 11 is 0. The summed E-state index contributed by atoms with van der Waals surface area (Å²) in [7, 11) is -1.40. The Morgan fingerprint density at radius 3 is 2.06 bits per heavy atom. The molecule has 0 amide bonds. The zero-order valence-corrected chi connectivity index (χ0v) is 21.2. The van der Waals surface area contributed by atoms with Crippen molar-refractivity contribution in [2.45, 2.75) is 19.6 Å². The van der Waals surface area contributed by atoms with Crippen molar-refractivity contribution in [3.8, 4) is 33.7 Å². The molecular weight excluding hydrogens is 442 g/mol. The summed E-state index contributed by atoms with van der Waals surface area (Å²) in [5.74, 6) is 0.876. The van der Waals surface area contributed by atoms with Crippen LogP contribution in [0.15, 0.2) is 114 Å².